The molecule has 2 aromatic carbocycles. The highest BCUT2D eigenvalue weighted by atomic mass is 16.1. The van der Waals surface area contributed by atoms with E-state index in [1.165, 1.54) is 0 Å². The molecule has 1 unspecified atom stereocenters. The molecule has 2 aliphatic heterocycles. The smallest absolute Gasteiger partial charge is 0.192 e. The van der Waals surface area contributed by atoms with Crippen LogP contribution in [0.3, 0.4) is 0 Å². The average molecular weight is 334 g/mol. The van der Waals surface area contributed by atoms with Gasteiger partial charge in [-0.05, 0) is 17.2 Å². The number of fused-ring (bicyclic) bond motifs is 1. The van der Waals surface area contributed by atoms with E-state index in [0.29, 0.717) is 11.3 Å². The Morgan fingerprint density at radius 1 is 0.885 bits per heavy atom. The molecule has 2 aliphatic rings. The van der Waals surface area contributed by atoms with E-state index in [-0.39, 0.29) is 16.9 Å². The van der Waals surface area contributed by atoms with Crippen LogP contribution in [-0.2, 0) is 4.79 Å². The number of carbonyl (C=O) groups is 1. The number of carbonyl (C=O) groups excluding carboxylic acids is 1. The Hall–Kier alpha value is -3.89. The van der Waals surface area contributed by atoms with Gasteiger partial charge in [-0.25, -0.2) is 0 Å². The molecule has 0 aromatic heterocycles. The maximum Gasteiger partial charge on any atom is 0.192 e. The van der Waals surface area contributed by atoms with Gasteiger partial charge in [-0.3, -0.25) is 4.79 Å². The number of allylic oxidation sites excluding steroid dienone is 2. The Morgan fingerprint density at radius 3 is 2.08 bits per heavy atom. The molecule has 0 aliphatic carbocycles. The van der Waals surface area contributed by atoms with Gasteiger partial charge >= 0.3 is 0 Å². The van der Waals surface area contributed by atoms with Crippen molar-refractivity contribution < 1.29 is 4.79 Å². The third kappa shape index (κ3) is 2.33. The fraction of sp³-hybridized carbons (Fsp3) is 0.0455. The third-order valence-electron chi connectivity index (χ3n) is 4.44. The molecule has 1 radical (unpaired) electrons. The fourth-order valence-corrected chi connectivity index (χ4v) is 3.28. The van der Waals surface area contributed by atoms with Gasteiger partial charge in [-0.15, -0.1) is 0 Å². The minimum atomic E-state index is -0.660. The number of rotatable bonds is 2. The largest absolute Gasteiger partial charge is 0.323 e. The Morgan fingerprint density at radius 2 is 1.50 bits per heavy atom. The molecule has 0 saturated heterocycles. The lowest BCUT2D eigenvalue weighted by Crippen LogP contribution is -2.32. The van der Waals surface area contributed by atoms with Crippen molar-refractivity contribution in [3.8, 4) is 12.1 Å². The van der Waals surface area contributed by atoms with E-state index in [1.807, 2.05) is 72.8 Å². The van der Waals surface area contributed by atoms with Crippen LogP contribution in [0.15, 0.2) is 77.9 Å². The molecule has 0 amide bonds. The van der Waals surface area contributed by atoms with Crippen LogP contribution >= 0.6 is 0 Å². The first-order chi connectivity index (χ1) is 12.7. The summed E-state index contributed by atoms with van der Waals surface area (Å²) >= 11 is 0. The van der Waals surface area contributed by atoms with Crippen molar-refractivity contribution in [3.63, 3.8) is 0 Å². The molecule has 4 rings (SSSR count). The number of nitriles is 2. The van der Waals surface area contributed by atoms with E-state index >= 15 is 0 Å². The van der Waals surface area contributed by atoms with Crippen LogP contribution in [0.4, 0.5) is 0 Å². The van der Waals surface area contributed by atoms with Crippen LogP contribution in [0.5, 0.6) is 0 Å². The first-order valence-corrected chi connectivity index (χ1v) is 8.09. The van der Waals surface area contributed by atoms with Gasteiger partial charge in [0.15, 0.2) is 5.78 Å². The van der Waals surface area contributed by atoms with Gasteiger partial charge in [0.2, 0.25) is 0 Å². The Labute approximate surface area is 151 Å². The summed E-state index contributed by atoms with van der Waals surface area (Å²) in [6.45, 7) is 0. The van der Waals surface area contributed by atoms with Gasteiger partial charge < -0.3 is 4.90 Å². The van der Waals surface area contributed by atoms with Crippen molar-refractivity contribution >= 4 is 17.1 Å². The lowest BCUT2D eigenvalue weighted by Gasteiger charge is -2.26. The molecule has 121 valence electrons. The second kappa shape index (κ2) is 6.20. The monoisotopic (exact) mass is 334 g/mol. The Kier molecular flexibility index (Phi) is 3.73. The zero-order chi connectivity index (χ0) is 18.1. The maximum absolute atomic E-state index is 13.2. The second-order valence-corrected chi connectivity index (χ2v) is 5.93. The van der Waals surface area contributed by atoms with Gasteiger partial charge in [0, 0.05) is 0 Å². The van der Waals surface area contributed by atoms with E-state index in [2.05, 4.69) is 6.20 Å². The topological polar surface area (TPSA) is 67.9 Å². The van der Waals surface area contributed by atoms with Gasteiger partial charge in [0.1, 0.15) is 18.2 Å². The highest BCUT2D eigenvalue weighted by molar-refractivity contribution is 6.33. The van der Waals surface area contributed by atoms with E-state index in [4.69, 9.17) is 0 Å². The minimum absolute atomic E-state index is 0.104. The van der Waals surface area contributed by atoms with E-state index in [1.54, 1.807) is 11.0 Å². The van der Waals surface area contributed by atoms with Gasteiger partial charge in [0.25, 0.3) is 0 Å². The van der Waals surface area contributed by atoms with Gasteiger partial charge in [-0.1, -0.05) is 60.7 Å². The molecule has 0 fully saturated rings. The number of hydrogen-bond acceptors (Lipinski definition) is 4. The van der Waals surface area contributed by atoms with Gasteiger partial charge in [-0.2, -0.15) is 10.5 Å². The number of ketones is 1. The molecule has 0 spiro atoms. The third-order valence-corrected chi connectivity index (χ3v) is 4.44. The van der Waals surface area contributed by atoms with Crippen LogP contribution in [0, 0.1) is 28.9 Å². The van der Waals surface area contributed by atoms with E-state index in [9.17, 15) is 15.3 Å². The normalized spacial score (nSPS) is 18.6. The van der Waals surface area contributed by atoms with Crippen molar-refractivity contribution in [2.24, 2.45) is 0 Å². The predicted octanol–water partition coefficient (Wildman–Crippen LogP) is 3.48. The molecular formula is C22H12N3O. The standard InChI is InChI=1S/C22H12N3O/c23-12-17-11-19-22(26)20(15-7-3-1-4-8-15)21(16-9-5-2-6-10-16)25(19)14-18(17)13-24/h1-11,19H. The lowest BCUT2D eigenvalue weighted by molar-refractivity contribution is -0.115. The summed E-state index contributed by atoms with van der Waals surface area (Å²) < 4.78 is 0. The second-order valence-electron chi connectivity index (χ2n) is 5.93. The van der Waals surface area contributed by atoms with Gasteiger partial charge in [0.05, 0.1) is 28.6 Å². The number of hydrogen-bond donors (Lipinski definition) is 0. The van der Waals surface area contributed by atoms with E-state index in [0.717, 1.165) is 11.1 Å². The number of benzene rings is 2. The average Bonchev–Trinajstić information content (AvgIpc) is 2.99. The summed E-state index contributed by atoms with van der Waals surface area (Å²) in [5.74, 6) is -0.104. The fourth-order valence-electron chi connectivity index (χ4n) is 3.28. The molecule has 2 aromatic rings. The van der Waals surface area contributed by atoms with Crippen LogP contribution < -0.4 is 0 Å². The number of Topliss-reactive ketones (excluding diaryl/α,β-unsaturated/α-hetero) is 1. The summed E-state index contributed by atoms with van der Waals surface area (Å²) in [6.07, 6.45) is 4.52. The molecule has 2 heterocycles. The maximum atomic E-state index is 13.2. The van der Waals surface area contributed by atoms with Crippen molar-refractivity contribution in [2.45, 2.75) is 6.04 Å². The molecule has 4 nitrogen and oxygen atoms in total. The highest BCUT2D eigenvalue weighted by Crippen LogP contribution is 2.41. The summed E-state index contributed by atoms with van der Waals surface area (Å²) in [5, 5.41) is 18.6. The predicted molar refractivity (Wildman–Crippen MR) is 96.4 cm³/mol. The number of nitrogens with zero attached hydrogens (tertiary/aromatic N) is 3. The minimum Gasteiger partial charge on any atom is -0.323 e. The van der Waals surface area contributed by atoms with Crippen LogP contribution in [0.25, 0.3) is 11.3 Å². The molecule has 0 saturated carbocycles. The molecule has 4 heteroatoms. The van der Waals surface area contributed by atoms with Crippen LogP contribution in [-0.4, -0.2) is 16.7 Å². The zero-order valence-electron chi connectivity index (χ0n) is 13.7. The first kappa shape index (κ1) is 15.6. The van der Waals surface area contributed by atoms with Crippen molar-refractivity contribution in [3.05, 3.63) is 95.2 Å². The Bertz CT molecular complexity index is 1060. The quantitative estimate of drug-likeness (QED) is 0.843. The molecular weight excluding hydrogens is 322 g/mol. The zero-order valence-corrected chi connectivity index (χ0v) is 13.7. The molecule has 0 bridgehead atoms. The molecule has 26 heavy (non-hydrogen) atoms. The van der Waals surface area contributed by atoms with Crippen molar-refractivity contribution in [2.75, 3.05) is 0 Å². The van der Waals surface area contributed by atoms with Crippen molar-refractivity contribution in [1.82, 2.24) is 4.90 Å². The van der Waals surface area contributed by atoms with Crippen molar-refractivity contribution in [1.29, 1.82) is 10.5 Å². The Balaban J connectivity index is 1.98. The summed E-state index contributed by atoms with van der Waals surface area (Å²) in [4.78, 5) is 14.9. The summed E-state index contributed by atoms with van der Waals surface area (Å²) in [7, 11) is 0. The summed E-state index contributed by atoms with van der Waals surface area (Å²) in [5.41, 5.74) is 3.26. The highest BCUT2D eigenvalue weighted by Gasteiger charge is 2.41. The SMILES string of the molecule is N#CC1=[C]N2C(c3ccccc3)=C(c3ccccc3)C(=O)C2C=C1C#N. The van der Waals surface area contributed by atoms with Crippen LogP contribution in [0.2, 0.25) is 0 Å². The van der Waals surface area contributed by atoms with Crippen LogP contribution in [0.1, 0.15) is 11.1 Å². The first-order valence-electron chi connectivity index (χ1n) is 8.09. The summed E-state index contributed by atoms with van der Waals surface area (Å²) in [6, 6.07) is 22.3. The molecule has 0 N–H and O–H groups in total. The lowest BCUT2D eigenvalue weighted by atomic mass is 9.96. The van der Waals surface area contributed by atoms with E-state index < -0.39 is 6.04 Å². The molecule has 1 atom stereocenters.